The van der Waals surface area contributed by atoms with Crippen molar-refractivity contribution < 1.29 is 14.4 Å². The maximum Gasteiger partial charge on any atom is 0.243 e. The summed E-state index contributed by atoms with van der Waals surface area (Å²) in [4.78, 5) is 36.9. The number of carbonyl (C=O) groups excluding carboxylic acids is 3. The summed E-state index contributed by atoms with van der Waals surface area (Å²) in [5.74, 6) is -0.400. The monoisotopic (exact) mass is 416 g/mol. The molecule has 154 valence electrons. The zero-order chi connectivity index (χ0) is 21.4. The van der Waals surface area contributed by atoms with E-state index < -0.39 is 0 Å². The van der Waals surface area contributed by atoms with E-state index in [0.29, 0.717) is 28.5 Å². The van der Waals surface area contributed by atoms with Crippen molar-refractivity contribution in [3.05, 3.63) is 47.5 Å². The molecule has 0 aliphatic heterocycles. The lowest BCUT2D eigenvalue weighted by atomic mass is 10.2. The van der Waals surface area contributed by atoms with Crippen molar-refractivity contribution in [1.82, 2.24) is 0 Å². The van der Waals surface area contributed by atoms with Crippen molar-refractivity contribution in [1.29, 1.82) is 0 Å². The summed E-state index contributed by atoms with van der Waals surface area (Å²) in [6.07, 6.45) is 1.20. The Bertz CT molecular complexity index is 884. The molecule has 29 heavy (non-hydrogen) atoms. The van der Waals surface area contributed by atoms with Gasteiger partial charge in [0.25, 0.3) is 0 Å². The summed E-state index contributed by atoms with van der Waals surface area (Å²) < 4.78 is 0. The number of hydrogen-bond donors (Lipinski definition) is 3. The van der Waals surface area contributed by atoms with Crippen LogP contribution in [0.1, 0.15) is 26.7 Å². The maximum absolute atomic E-state index is 12.2. The molecule has 0 spiro atoms. The lowest BCUT2D eigenvalue weighted by molar-refractivity contribution is -0.117. The third kappa shape index (κ3) is 6.80. The molecule has 0 aliphatic rings. The third-order valence-electron chi connectivity index (χ3n) is 4.18. The van der Waals surface area contributed by atoms with Gasteiger partial charge >= 0.3 is 0 Å². The molecule has 2 rings (SSSR count). The van der Waals surface area contributed by atoms with Crippen molar-refractivity contribution in [3.8, 4) is 0 Å². The summed E-state index contributed by atoms with van der Waals surface area (Å²) >= 11 is 6.17. The first-order chi connectivity index (χ1) is 13.8. The van der Waals surface area contributed by atoms with Crippen molar-refractivity contribution in [2.75, 3.05) is 34.4 Å². The minimum Gasteiger partial charge on any atom is -0.375 e. The highest BCUT2D eigenvalue weighted by Gasteiger charge is 2.09. The van der Waals surface area contributed by atoms with Crippen LogP contribution in [0, 0.1) is 0 Å². The van der Waals surface area contributed by atoms with Crippen LogP contribution in [0.15, 0.2) is 42.5 Å². The Balaban J connectivity index is 1.93. The van der Waals surface area contributed by atoms with Crippen LogP contribution in [-0.4, -0.2) is 31.3 Å². The van der Waals surface area contributed by atoms with Gasteiger partial charge in [-0.05, 0) is 48.9 Å². The van der Waals surface area contributed by atoms with E-state index in [1.54, 1.807) is 49.5 Å². The highest BCUT2D eigenvalue weighted by Crippen LogP contribution is 2.25. The minimum absolute atomic E-state index is 0.00117. The quantitative estimate of drug-likeness (QED) is 0.604. The van der Waals surface area contributed by atoms with Gasteiger partial charge in [0.2, 0.25) is 17.7 Å². The van der Waals surface area contributed by atoms with Crippen LogP contribution < -0.4 is 20.9 Å². The van der Waals surface area contributed by atoms with E-state index in [4.69, 9.17) is 11.6 Å². The van der Waals surface area contributed by atoms with E-state index in [0.717, 1.165) is 12.1 Å². The topological polar surface area (TPSA) is 90.5 Å². The molecule has 0 radical (unpaired) electrons. The molecule has 0 heterocycles. The number of anilines is 4. The average molecular weight is 417 g/mol. The van der Waals surface area contributed by atoms with Crippen molar-refractivity contribution >= 4 is 52.1 Å². The van der Waals surface area contributed by atoms with Gasteiger partial charge < -0.3 is 20.9 Å². The van der Waals surface area contributed by atoms with Crippen LogP contribution in [-0.2, 0) is 14.4 Å². The van der Waals surface area contributed by atoms with Crippen LogP contribution in [0.2, 0.25) is 5.02 Å². The van der Waals surface area contributed by atoms with Gasteiger partial charge in [0.15, 0.2) is 0 Å². The molecule has 0 saturated heterocycles. The largest absolute Gasteiger partial charge is 0.375 e. The molecule has 3 N–H and O–H groups in total. The highest BCUT2D eigenvalue weighted by molar-refractivity contribution is 6.33. The van der Waals surface area contributed by atoms with Crippen LogP contribution >= 0.6 is 11.6 Å². The fourth-order valence-corrected chi connectivity index (χ4v) is 2.70. The highest BCUT2D eigenvalue weighted by atomic mass is 35.5. The zero-order valence-corrected chi connectivity index (χ0v) is 17.5. The summed E-state index contributed by atoms with van der Waals surface area (Å²) in [7, 11) is 1.68. The van der Waals surface area contributed by atoms with Gasteiger partial charge in [-0.1, -0.05) is 18.5 Å². The predicted octanol–water partition coefficient (Wildman–Crippen LogP) is 4.11. The number of carbonyl (C=O) groups is 3. The smallest absolute Gasteiger partial charge is 0.243 e. The van der Waals surface area contributed by atoms with Crippen LogP contribution in [0.4, 0.5) is 22.7 Å². The summed E-state index contributed by atoms with van der Waals surface area (Å²) in [5.41, 5.74) is 2.52. The van der Waals surface area contributed by atoms with Crippen LogP contribution in [0.3, 0.4) is 0 Å². The zero-order valence-electron chi connectivity index (χ0n) is 16.7. The molecular formula is C21H25ClN4O3. The number of benzene rings is 2. The SMILES string of the molecule is CCCC(=O)Nc1ccc(Cl)c(NCC(=O)Nc2ccc(N(C)C(C)=O)cc2)c1. The van der Waals surface area contributed by atoms with Gasteiger partial charge in [-0.2, -0.15) is 0 Å². The lowest BCUT2D eigenvalue weighted by Crippen LogP contribution is -2.23. The van der Waals surface area contributed by atoms with Crippen LogP contribution in [0.5, 0.6) is 0 Å². The van der Waals surface area contributed by atoms with Crippen molar-refractivity contribution in [2.24, 2.45) is 0 Å². The Morgan fingerprint density at radius 3 is 2.21 bits per heavy atom. The second-order valence-corrected chi connectivity index (χ2v) is 6.93. The second kappa shape index (κ2) is 10.5. The second-order valence-electron chi connectivity index (χ2n) is 6.52. The number of rotatable bonds is 8. The van der Waals surface area contributed by atoms with E-state index in [1.165, 1.54) is 11.8 Å². The Kier molecular flexibility index (Phi) is 8.03. The number of nitrogens with one attached hydrogen (secondary N) is 3. The molecule has 8 heteroatoms. The molecular weight excluding hydrogens is 392 g/mol. The third-order valence-corrected chi connectivity index (χ3v) is 4.51. The van der Waals surface area contributed by atoms with Gasteiger partial charge in [-0.15, -0.1) is 0 Å². The molecule has 0 aliphatic carbocycles. The van der Waals surface area contributed by atoms with E-state index in [9.17, 15) is 14.4 Å². The molecule has 3 amide bonds. The van der Waals surface area contributed by atoms with E-state index in [2.05, 4.69) is 16.0 Å². The van der Waals surface area contributed by atoms with Gasteiger partial charge in [0.1, 0.15) is 0 Å². The Morgan fingerprint density at radius 1 is 0.966 bits per heavy atom. The molecule has 0 unspecified atom stereocenters. The number of halogens is 1. The summed E-state index contributed by atoms with van der Waals surface area (Å²) in [5, 5.41) is 8.99. The molecule has 0 atom stereocenters. The molecule has 2 aromatic carbocycles. The molecule has 7 nitrogen and oxygen atoms in total. The van der Waals surface area contributed by atoms with Gasteiger partial charge in [0.05, 0.1) is 17.3 Å². The normalized spacial score (nSPS) is 10.2. The Labute approximate surface area is 175 Å². The molecule has 0 aromatic heterocycles. The Hall–Kier alpha value is -3.06. The van der Waals surface area contributed by atoms with Gasteiger partial charge in [-0.3, -0.25) is 14.4 Å². The fourth-order valence-electron chi connectivity index (χ4n) is 2.52. The predicted molar refractivity (Wildman–Crippen MR) is 118 cm³/mol. The average Bonchev–Trinajstić information content (AvgIpc) is 2.68. The molecule has 0 bridgehead atoms. The first-order valence-electron chi connectivity index (χ1n) is 9.27. The van der Waals surface area contributed by atoms with E-state index in [-0.39, 0.29) is 24.3 Å². The Morgan fingerprint density at radius 2 is 1.59 bits per heavy atom. The molecule has 0 saturated carbocycles. The fraction of sp³-hybridized carbons (Fsp3) is 0.286. The lowest BCUT2D eigenvalue weighted by Gasteiger charge is -2.15. The number of hydrogen-bond acceptors (Lipinski definition) is 4. The number of amides is 3. The van der Waals surface area contributed by atoms with Crippen molar-refractivity contribution in [3.63, 3.8) is 0 Å². The standard InChI is InChI=1S/C21H25ClN4O3/c1-4-5-20(28)25-16-8-11-18(22)19(12-16)23-13-21(29)24-15-6-9-17(10-7-15)26(3)14(2)27/h6-12,23H,4-5,13H2,1-3H3,(H,24,29)(H,25,28). The number of nitrogens with zero attached hydrogens (tertiary/aromatic N) is 1. The first-order valence-corrected chi connectivity index (χ1v) is 9.65. The first kappa shape index (κ1) is 22.2. The van der Waals surface area contributed by atoms with Gasteiger partial charge in [-0.25, -0.2) is 0 Å². The molecule has 0 fully saturated rings. The molecule has 2 aromatic rings. The summed E-state index contributed by atoms with van der Waals surface area (Å²) in [6, 6.07) is 12.0. The van der Waals surface area contributed by atoms with Crippen molar-refractivity contribution in [2.45, 2.75) is 26.7 Å². The van der Waals surface area contributed by atoms with Gasteiger partial charge in [0, 0.05) is 37.5 Å². The van der Waals surface area contributed by atoms with E-state index in [1.807, 2.05) is 6.92 Å². The van der Waals surface area contributed by atoms with E-state index >= 15 is 0 Å². The maximum atomic E-state index is 12.2. The summed E-state index contributed by atoms with van der Waals surface area (Å²) in [6.45, 7) is 3.42. The minimum atomic E-state index is -0.255. The van der Waals surface area contributed by atoms with Crippen LogP contribution in [0.25, 0.3) is 0 Å².